The van der Waals surface area contributed by atoms with Gasteiger partial charge in [-0.15, -0.1) is 0 Å². The van der Waals surface area contributed by atoms with Gasteiger partial charge in [-0.2, -0.15) is 0 Å². The number of ketones is 2. The van der Waals surface area contributed by atoms with Gasteiger partial charge in [0.05, 0.1) is 11.9 Å². The number of rotatable bonds is 2. The molecule has 0 atom stereocenters. The zero-order chi connectivity index (χ0) is 13.2. The Morgan fingerprint density at radius 3 is 2.56 bits per heavy atom. The monoisotopic (exact) mass is 244 g/mol. The van der Waals surface area contributed by atoms with Crippen LogP contribution in [0, 0.1) is 11.3 Å². The van der Waals surface area contributed by atoms with Crippen molar-refractivity contribution in [3.8, 4) is 0 Å². The van der Waals surface area contributed by atoms with Crippen LogP contribution in [0.1, 0.15) is 26.7 Å². The minimum atomic E-state index is -0.682. The molecule has 2 rings (SSSR count). The Hall–Kier alpha value is -1.84. The molecule has 0 spiro atoms. The molecule has 1 fully saturated rings. The summed E-state index contributed by atoms with van der Waals surface area (Å²) in [4.78, 5) is 31.9. The van der Waals surface area contributed by atoms with Gasteiger partial charge in [0, 0.05) is 25.3 Å². The van der Waals surface area contributed by atoms with Crippen molar-refractivity contribution in [1.82, 2.24) is 4.98 Å². The minimum absolute atomic E-state index is 0.0381. The van der Waals surface area contributed by atoms with Gasteiger partial charge in [0.25, 0.3) is 0 Å². The molecule has 0 unspecified atom stereocenters. The summed E-state index contributed by atoms with van der Waals surface area (Å²) in [5.74, 6) is -0.758. The molecule has 1 aromatic heterocycles. The third-order valence-corrected chi connectivity index (χ3v) is 3.02. The summed E-state index contributed by atoms with van der Waals surface area (Å²) in [6, 6.07) is 3.55. The highest BCUT2D eigenvalue weighted by molar-refractivity contribution is 6.16. The van der Waals surface area contributed by atoms with Crippen LogP contribution in [-0.2, 0) is 9.59 Å². The average Bonchev–Trinajstić information content (AvgIpc) is 2.27. The Morgan fingerprint density at radius 2 is 2.00 bits per heavy atom. The van der Waals surface area contributed by atoms with Crippen LogP contribution in [-0.4, -0.2) is 22.8 Å². The summed E-state index contributed by atoms with van der Waals surface area (Å²) >= 11 is 0. The highest BCUT2D eigenvalue weighted by Crippen LogP contribution is 2.33. The topological polar surface area (TPSA) is 59.4 Å². The van der Waals surface area contributed by atoms with Crippen molar-refractivity contribution in [3.63, 3.8) is 0 Å². The van der Waals surface area contributed by atoms with E-state index in [9.17, 15) is 9.59 Å². The molecule has 4 heteroatoms. The lowest BCUT2D eigenvalue weighted by molar-refractivity contribution is -0.136. The normalized spacial score (nSPS) is 20.6. The molecule has 4 nitrogen and oxygen atoms in total. The molecule has 0 radical (unpaired) electrons. The number of aliphatic imine (C=N–C) groups is 1. The van der Waals surface area contributed by atoms with Crippen LogP contribution in [0.3, 0.4) is 0 Å². The van der Waals surface area contributed by atoms with Crippen molar-refractivity contribution < 1.29 is 9.59 Å². The molecule has 0 N–H and O–H groups in total. The van der Waals surface area contributed by atoms with E-state index in [1.165, 1.54) is 6.21 Å². The molecular weight excluding hydrogens is 228 g/mol. The van der Waals surface area contributed by atoms with Crippen molar-refractivity contribution in [2.45, 2.75) is 26.7 Å². The van der Waals surface area contributed by atoms with Gasteiger partial charge in [0.2, 0.25) is 0 Å². The largest absolute Gasteiger partial charge is 0.298 e. The molecule has 1 aliphatic rings. The number of hydrogen-bond acceptors (Lipinski definition) is 4. The highest BCUT2D eigenvalue weighted by Gasteiger charge is 2.38. The van der Waals surface area contributed by atoms with E-state index >= 15 is 0 Å². The van der Waals surface area contributed by atoms with Crippen molar-refractivity contribution in [1.29, 1.82) is 0 Å². The Balaban J connectivity index is 2.13. The Kier molecular flexibility index (Phi) is 3.36. The standard InChI is InChI=1S/C14H16N2O2/c1-14(2)6-12(17)11(13(18)7-14)9-16-10-4-3-5-15-8-10/h3-5,8-9,11H,6-7H2,1-2H3. The summed E-state index contributed by atoms with van der Waals surface area (Å²) < 4.78 is 0. The zero-order valence-electron chi connectivity index (χ0n) is 10.6. The first-order valence-corrected chi connectivity index (χ1v) is 5.98. The second-order valence-electron chi connectivity index (χ2n) is 5.42. The SMILES string of the molecule is CC1(C)CC(=O)C(C=Nc2cccnc2)C(=O)C1. The molecule has 18 heavy (non-hydrogen) atoms. The molecule has 0 aromatic carbocycles. The van der Waals surface area contributed by atoms with Gasteiger partial charge in [0.15, 0.2) is 0 Å². The first kappa shape index (κ1) is 12.6. The van der Waals surface area contributed by atoms with Gasteiger partial charge in [-0.25, -0.2) is 0 Å². The second kappa shape index (κ2) is 4.80. The van der Waals surface area contributed by atoms with E-state index in [2.05, 4.69) is 9.98 Å². The van der Waals surface area contributed by atoms with Crippen LogP contribution in [0.5, 0.6) is 0 Å². The van der Waals surface area contributed by atoms with E-state index in [4.69, 9.17) is 0 Å². The smallest absolute Gasteiger partial charge is 0.149 e. The predicted octanol–water partition coefficient (Wildman–Crippen LogP) is 2.36. The predicted molar refractivity (Wildman–Crippen MR) is 68.9 cm³/mol. The number of hydrogen-bond donors (Lipinski definition) is 0. The van der Waals surface area contributed by atoms with Gasteiger partial charge < -0.3 is 0 Å². The fraction of sp³-hybridized carbons (Fsp3) is 0.429. The van der Waals surface area contributed by atoms with Gasteiger partial charge >= 0.3 is 0 Å². The van der Waals surface area contributed by atoms with E-state index in [0.717, 1.165) is 0 Å². The summed E-state index contributed by atoms with van der Waals surface area (Å²) in [5.41, 5.74) is 0.440. The Morgan fingerprint density at radius 1 is 1.33 bits per heavy atom. The lowest BCUT2D eigenvalue weighted by Crippen LogP contribution is -2.38. The van der Waals surface area contributed by atoms with Crippen LogP contribution in [0.4, 0.5) is 5.69 Å². The first-order valence-electron chi connectivity index (χ1n) is 5.98. The number of carbonyl (C=O) groups excluding carboxylic acids is 2. The van der Waals surface area contributed by atoms with Crippen LogP contribution in [0.15, 0.2) is 29.5 Å². The number of carbonyl (C=O) groups is 2. The molecule has 1 heterocycles. The van der Waals surface area contributed by atoms with Gasteiger partial charge in [-0.3, -0.25) is 19.6 Å². The molecule has 94 valence electrons. The number of pyridine rings is 1. The quantitative estimate of drug-likeness (QED) is 0.592. The Labute approximate surface area is 106 Å². The van der Waals surface area contributed by atoms with Crippen molar-refractivity contribution in [3.05, 3.63) is 24.5 Å². The summed E-state index contributed by atoms with van der Waals surface area (Å²) in [7, 11) is 0. The van der Waals surface area contributed by atoms with E-state index in [-0.39, 0.29) is 17.0 Å². The molecule has 1 aliphatic carbocycles. The van der Waals surface area contributed by atoms with Crippen molar-refractivity contribution >= 4 is 23.5 Å². The maximum absolute atomic E-state index is 11.9. The molecule has 0 aliphatic heterocycles. The molecule has 0 bridgehead atoms. The molecule has 1 aromatic rings. The maximum Gasteiger partial charge on any atom is 0.149 e. The molecule has 0 amide bonds. The van der Waals surface area contributed by atoms with Gasteiger partial charge in [-0.1, -0.05) is 13.8 Å². The lowest BCUT2D eigenvalue weighted by atomic mass is 9.72. The van der Waals surface area contributed by atoms with E-state index in [1.807, 2.05) is 13.8 Å². The lowest BCUT2D eigenvalue weighted by Gasteiger charge is -2.30. The second-order valence-corrected chi connectivity index (χ2v) is 5.42. The third kappa shape index (κ3) is 2.88. The fourth-order valence-electron chi connectivity index (χ4n) is 2.16. The van der Waals surface area contributed by atoms with E-state index in [0.29, 0.717) is 18.5 Å². The maximum atomic E-state index is 11.9. The van der Waals surface area contributed by atoms with Gasteiger partial charge in [-0.05, 0) is 17.5 Å². The van der Waals surface area contributed by atoms with Crippen LogP contribution >= 0.6 is 0 Å². The fourth-order valence-corrected chi connectivity index (χ4v) is 2.16. The van der Waals surface area contributed by atoms with E-state index < -0.39 is 5.92 Å². The minimum Gasteiger partial charge on any atom is -0.298 e. The van der Waals surface area contributed by atoms with Gasteiger partial charge in [0.1, 0.15) is 17.5 Å². The average molecular weight is 244 g/mol. The molecule has 1 saturated carbocycles. The number of nitrogens with zero attached hydrogens (tertiary/aromatic N) is 2. The number of aromatic nitrogens is 1. The molecule has 0 saturated heterocycles. The van der Waals surface area contributed by atoms with E-state index in [1.54, 1.807) is 24.5 Å². The van der Waals surface area contributed by atoms with Crippen LogP contribution < -0.4 is 0 Å². The molecular formula is C14H16N2O2. The third-order valence-electron chi connectivity index (χ3n) is 3.02. The van der Waals surface area contributed by atoms with Crippen molar-refractivity contribution in [2.75, 3.05) is 0 Å². The number of Topliss-reactive ketones (excluding diaryl/α,β-unsaturated/α-hetero) is 2. The van der Waals surface area contributed by atoms with Crippen molar-refractivity contribution in [2.24, 2.45) is 16.3 Å². The summed E-state index contributed by atoms with van der Waals surface area (Å²) in [5, 5.41) is 0. The zero-order valence-corrected chi connectivity index (χ0v) is 10.6. The first-order chi connectivity index (χ1) is 8.48. The highest BCUT2D eigenvalue weighted by atomic mass is 16.2. The van der Waals surface area contributed by atoms with Crippen LogP contribution in [0.25, 0.3) is 0 Å². The summed E-state index contributed by atoms with van der Waals surface area (Å²) in [6.45, 7) is 3.88. The Bertz CT molecular complexity index is 472. The summed E-state index contributed by atoms with van der Waals surface area (Å²) in [6.07, 6.45) is 5.57. The van der Waals surface area contributed by atoms with Crippen LogP contribution in [0.2, 0.25) is 0 Å².